The number of carbonyl (C=O) groups is 1. The van der Waals surface area contributed by atoms with Crippen LogP contribution in [0.1, 0.15) is 58.9 Å². The molecule has 0 radical (unpaired) electrons. The number of rotatable bonds is 3. The Kier molecular flexibility index (Phi) is 5.71. The molecule has 1 amide bonds. The Labute approximate surface area is 205 Å². The monoisotopic (exact) mass is 481 g/mol. The van der Waals surface area contributed by atoms with E-state index >= 15 is 0 Å². The maximum absolute atomic E-state index is 12.7. The van der Waals surface area contributed by atoms with Crippen molar-refractivity contribution in [3.05, 3.63) is 47.4 Å². The molecule has 1 aliphatic carbocycles. The number of hydrogen-bond donors (Lipinski definition) is 0. The van der Waals surface area contributed by atoms with Crippen LogP contribution in [0.15, 0.2) is 36.8 Å². The van der Waals surface area contributed by atoms with Crippen molar-refractivity contribution in [3.8, 4) is 5.69 Å². The fourth-order valence-electron chi connectivity index (χ4n) is 5.01. The number of nitrogens with zero attached hydrogens (tertiary/aromatic N) is 5. The van der Waals surface area contributed by atoms with Gasteiger partial charge in [0.05, 0.1) is 5.39 Å². The molecule has 1 aromatic carbocycles. The minimum atomic E-state index is -0.512. The number of amides is 1. The van der Waals surface area contributed by atoms with Gasteiger partial charge >= 0.3 is 6.09 Å². The van der Waals surface area contributed by atoms with Gasteiger partial charge in [0, 0.05) is 42.1 Å². The molecule has 2 fully saturated rings. The normalized spacial score (nSPS) is 21.2. The molecular weight excluding hydrogens is 450 g/mol. The van der Waals surface area contributed by atoms with Crippen LogP contribution in [0.2, 0.25) is 5.02 Å². The Morgan fingerprint density at radius 1 is 1.12 bits per heavy atom. The van der Waals surface area contributed by atoms with Crippen molar-refractivity contribution in [3.63, 3.8) is 0 Å². The summed E-state index contributed by atoms with van der Waals surface area (Å²) in [5, 5.41) is 1.80. The third-order valence-electron chi connectivity index (χ3n) is 6.51. The maximum atomic E-state index is 12.7. The summed E-state index contributed by atoms with van der Waals surface area (Å²) in [6.07, 6.45) is 5.96. The van der Waals surface area contributed by atoms with E-state index < -0.39 is 5.60 Å². The van der Waals surface area contributed by atoms with Gasteiger partial charge in [0.1, 0.15) is 23.4 Å². The number of anilines is 1. The Balaban J connectivity index is 1.54. The van der Waals surface area contributed by atoms with E-state index in [1.54, 1.807) is 6.33 Å². The van der Waals surface area contributed by atoms with E-state index in [-0.39, 0.29) is 18.2 Å². The van der Waals surface area contributed by atoms with Gasteiger partial charge in [-0.25, -0.2) is 14.8 Å². The average Bonchev–Trinajstić information content (AvgIpc) is 3.52. The second kappa shape index (κ2) is 8.45. The van der Waals surface area contributed by atoms with Gasteiger partial charge in [0.25, 0.3) is 0 Å². The summed E-state index contributed by atoms with van der Waals surface area (Å²) in [4.78, 5) is 26.4. The Bertz CT molecular complexity index is 1220. The Morgan fingerprint density at radius 3 is 2.44 bits per heavy atom. The quantitative estimate of drug-likeness (QED) is 0.474. The van der Waals surface area contributed by atoms with Crippen molar-refractivity contribution < 1.29 is 9.53 Å². The highest BCUT2D eigenvalue weighted by Crippen LogP contribution is 2.46. The minimum absolute atomic E-state index is 0.0796. The van der Waals surface area contributed by atoms with Crippen LogP contribution in [-0.2, 0) is 4.74 Å². The second-order valence-corrected chi connectivity index (χ2v) is 11.0. The van der Waals surface area contributed by atoms with E-state index in [1.165, 1.54) is 18.4 Å². The number of carbonyl (C=O) groups excluding carboxylic acids is 1. The van der Waals surface area contributed by atoms with Crippen molar-refractivity contribution in [2.45, 2.75) is 71.1 Å². The molecule has 3 heterocycles. The first kappa shape index (κ1) is 23.0. The first-order valence-electron chi connectivity index (χ1n) is 12.0. The standard InChI is InChI=1S/C26H32ClN5O2/c1-16-12-30(25(33)34-26(3,4)5)13-17(2)32(16)24-22-21(18-9-10-18)14-31(23(22)28-15-29-24)20-8-6-7-19(27)11-20/h6-8,11,14-18H,9-10,12-13H2,1-5H3. The van der Waals surface area contributed by atoms with Crippen molar-refractivity contribution in [1.29, 1.82) is 0 Å². The van der Waals surface area contributed by atoms with Crippen LogP contribution in [0.4, 0.5) is 10.6 Å². The highest BCUT2D eigenvalue weighted by molar-refractivity contribution is 6.30. The number of benzene rings is 1. The number of fused-ring (bicyclic) bond motifs is 1. The van der Waals surface area contributed by atoms with E-state index in [4.69, 9.17) is 26.3 Å². The summed E-state index contributed by atoms with van der Waals surface area (Å²) in [5.41, 5.74) is 2.66. The molecule has 2 unspecified atom stereocenters. The van der Waals surface area contributed by atoms with E-state index in [0.29, 0.717) is 24.0 Å². The lowest BCUT2D eigenvalue weighted by atomic mass is 10.1. The molecule has 34 heavy (non-hydrogen) atoms. The van der Waals surface area contributed by atoms with Gasteiger partial charge < -0.3 is 19.1 Å². The minimum Gasteiger partial charge on any atom is -0.444 e. The molecule has 8 heteroatoms. The zero-order chi connectivity index (χ0) is 24.2. The highest BCUT2D eigenvalue weighted by Gasteiger charge is 2.37. The van der Waals surface area contributed by atoms with Crippen LogP contribution in [0.25, 0.3) is 16.7 Å². The largest absolute Gasteiger partial charge is 0.444 e. The molecule has 3 aromatic rings. The van der Waals surface area contributed by atoms with Crippen molar-refractivity contribution in [2.24, 2.45) is 0 Å². The van der Waals surface area contributed by atoms with E-state index in [2.05, 4.69) is 35.6 Å². The molecule has 0 N–H and O–H groups in total. The maximum Gasteiger partial charge on any atom is 0.410 e. The zero-order valence-electron chi connectivity index (χ0n) is 20.5. The molecule has 180 valence electrons. The zero-order valence-corrected chi connectivity index (χ0v) is 21.2. The third kappa shape index (κ3) is 4.33. The van der Waals surface area contributed by atoms with Gasteiger partial charge in [-0.3, -0.25) is 0 Å². The van der Waals surface area contributed by atoms with Crippen LogP contribution in [0.3, 0.4) is 0 Å². The summed E-state index contributed by atoms with van der Waals surface area (Å²) < 4.78 is 7.77. The Morgan fingerprint density at radius 2 is 1.82 bits per heavy atom. The van der Waals surface area contributed by atoms with Gasteiger partial charge in [-0.2, -0.15) is 0 Å². The van der Waals surface area contributed by atoms with Crippen LogP contribution in [0.5, 0.6) is 0 Å². The predicted molar refractivity (Wildman–Crippen MR) is 135 cm³/mol. The van der Waals surface area contributed by atoms with Gasteiger partial charge in [-0.15, -0.1) is 0 Å². The lowest BCUT2D eigenvalue weighted by Crippen LogP contribution is -2.59. The number of ether oxygens (including phenoxy) is 1. The molecule has 5 rings (SSSR count). The van der Waals surface area contributed by atoms with E-state index in [9.17, 15) is 4.79 Å². The molecule has 0 spiro atoms. The average molecular weight is 482 g/mol. The molecule has 1 saturated heterocycles. The van der Waals surface area contributed by atoms with Crippen LogP contribution in [0, 0.1) is 0 Å². The van der Waals surface area contributed by atoms with Gasteiger partial charge in [-0.1, -0.05) is 17.7 Å². The molecule has 2 aliphatic rings. The van der Waals surface area contributed by atoms with Crippen LogP contribution in [-0.4, -0.2) is 56.3 Å². The smallest absolute Gasteiger partial charge is 0.410 e. The summed E-state index contributed by atoms with van der Waals surface area (Å²) in [6, 6.07) is 8.01. The summed E-state index contributed by atoms with van der Waals surface area (Å²) in [6.45, 7) is 11.1. The van der Waals surface area contributed by atoms with Gasteiger partial charge in [0.15, 0.2) is 0 Å². The number of hydrogen-bond acceptors (Lipinski definition) is 5. The number of aromatic nitrogens is 3. The summed E-state index contributed by atoms with van der Waals surface area (Å²) in [5.74, 6) is 1.47. The van der Waals surface area contributed by atoms with Crippen molar-refractivity contribution in [1.82, 2.24) is 19.4 Å². The topological polar surface area (TPSA) is 63.5 Å². The molecular formula is C26H32ClN5O2. The lowest BCUT2D eigenvalue weighted by Gasteiger charge is -2.45. The fourth-order valence-corrected chi connectivity index (χ4v) is 5.20. The van der Waals surface area contributed by atoms with Crippen molar-refractivity contribution in [2.75, 3.05) is 18.0 Å². The van der Waals surface area contributed by atoms with Crippen LogP contribution >= 0.6 is 11.6 Å². The van der Waals surface area contributed by atoms with Crippen molar-refractivity contribution >= 4 is 34.5 Å². The Hall–Kier alpha value is -2.80. The molecule has 2 aromatic heterocycles. The predicted octanol–water partition coefficient (Wildman–Crippen LogP) is 5.79. The van der Waals surface area contributed by atoms with Gasteiger partial charge in [0.2, 0.25) is 0 Å². The number of halogens is 1. The molecule has 7 nitrogen and oxygen atoms in total. The third-order valence-corrected chi connectivity index (χ3v) is 6.75. The first-order valence-corrected chi connectivity index (χ1v) is 12.4. The van der Waals surface area contributed by atoms with E-state index in [1.807, 2.05) is 43.9 Å². The second-order valence-electron chi connectivity index (χ2n) is 10.6. The first-order chi connectivity index (χ1) is 16.1. The van der Waals surface area contributed by atoms with E-state index in [0.717, 1.165) is 22.5 Å². The van der Waals surface area contributed by atoms with Gasteiger partial charge in [-0.05, 0) is 77.1 Å². The molecule has 2 atom stereocenters. The highest BCUT2D eigenvalue weighted by atomic mass is 35.5. The SMILES string of the molecule is CC1CN(C(=O)OC(C)(C)C)CC(C)N1c1ncnc2c1c(C1CC1)cn2-c1cccc(Cl)c1. The molecule has 1 saturated carbocycles. The molecule has 1 aliphatic heterocycles. The lowest BCUT2D eigenvalue weighted by molar-refractivity contribution is 0.0192. The summed E-state index contributed by atoms with van der Waals surface area (Å²) >= 11 is 6.30. The number of piperazine rings is 1. The fraction of sp³-hybridized carbons (Fsp3) is 0.500. The molecule has 0 bridgehead atoms. The summed E-state index contributed by atoms with van der Waals surface area (Å²) in [7, 11) is 0. The van der Waals surface area contributed by atoms with Crippen LogP contribution < -0.4 is 4.90 Å².